The number of nitrogens with zero attached hydrogens (tertiary/aromatic N) is 4. The standard InChI is InChI=1S/C38H34N4O3S2/c1-5-31-24(3)47-36-35(31)37(44)41(29-12-8-9-23(2)19-29)38(39-36)46-22-34(43)42-33(26-15-17-30(45-4)18-16-26)21-32(40-42)28-14-13-25-10-6-7-11-27(25)20-28/h6-20,33H,5,21-22H2,1-4H3. The lowest BCUT2D eigenvalue weighted by Gasteiger charge is -2.22. The van der Waals surface area contributed by atoms with Gasteiger partial charge >= 0.3 is 0 Å². The molecule has 3 heterocycles. The largest absolute Gasteiger partial charge is 0.497 e. The van der Waals surface area contributed by atoms with Gasteiger partial charge in [0.05, 0.1) is 35.7 Å². The molecule has 0 aliphatic carbocycles. The molecule has 7 rings (SSSR count). The minimum Gasteiger partial charge on any atom is -0.497 e. The first kappa shape index (κ1) is 30.9. The molecule has 47 heavy (non-hydrogen) atoms. The molecular formula is C38H34N4O3S2. The molecule has 4 aromatic carbocycles. The molecule has 1 unspecified atom stereocenters. The number of thioether (sulfide) groups is 1. The second kappa shape index (κ2) is 12.8. The number of hydrogen-bond acceptors (Lipinski definition) is 7. The van der Waals surface area contributed by atoms with Crippen molar-refractivity contribution in [2.24, 2.45) is 5.10 Å². The molecule has 1 atom stereocenters. The molecule has 0 spiro atoms. The number of benzene rings is 4. The van der Waals surface area contributed by atoms with Crippen LogP contribution in [0.1, 0.15) is 46.5 Å². The van der Waals surface area contributed by atoms with Crippen LogP contribution in [0.5, 0.6) is 5.75 Å². The lowest BCUT2D eigenvalue weighted by Crippen LogP contribution is -2.29. The van der Waals surface area contributed by atoms with Gasteiger partial charge in [-0.2, -0.15) is 5.10 Å². The number of hydrogen-bond donors (Lipinski definition) is 0. The van der Waals surface area contributed by atoms with Crippen molar-refractivity contribution in [3.05, 3.63) is 128 Å². The highest BCUT2D eigenvalue weighted by atomic mass is 32.2. The summed E-state index contributed by atoms with van der Waals surface area (Å²) in [6.45, 7) is 6.10. The predicted octanol–water partition coefficient (Wildman–Crippen LogP) is 8.26. The van der Waals surface area contributed by atoms with Crippen LogP contribution in [0.3, 0.4) is 0 Å². The van der Waals surface area contributed by atoms with Crippen LogP contribution in [0.15, 0.2) is 106 Å². The van der Waals surface area contributed by atoms with E-state index in [0.29, 0.717) is 21.8 Å². The maximum Gasteiger partial charge on any atom is 0.267 e. The zero-order valence-corrected chi connectivity index (χ0v) is 28.3. The Kier molecular flexibility index (Phi) is 8.42. The minimum absolute atomic E-state index is 0.0654. The Morgan fingerprint density at radius 3 is 2.51 bits per heavy atom. The molecule has 0 fully saturated rings. The van der Waals surface area contributed by atoms with E-state index in [9.17, 15) is 9.59 Å². The molecule has 0 N–H and O–H groups in total. The molecule has 0 saturated carbocycles. The predicted molar refractivity (Wildman–Crippen MR) is 192 cm³/mol. The highest BCUT2D eigenvalue weighted by molar-refractivity contribution is 7.99. The zero-order valence-electron chi connectivity index (χ0n) is 26.7. The molecule has 1 amide bonds. The third kappa shape index (κ3) is 5.85. The molecular weight excluding hydrogens is 625 g/mol. The van der Waals surface area contributed by atoms with Gasteiger partial charge in [0.2, 0.25) is 0 Å². The first-order chi connectivity index (χ1) is 22.8. The lowest BCUT2D eigenvalue weighted by molar-refractivity contribution is -0.130. The molecule has 6 aromatic rings. The van der Waals surface area contributed by atoms with Crippen LogP contribution in [0, 0.1) is 13.8 Å². The zero-order chi connectivity index (χ0) is 32.7. The fourth-order valence-corrected chi connectivity index (χ4v) is 8.30. The van der Waals surface area contributed by atoms with Crippen LogP contribution in [-0.4, -0.2) is 39.0 Å². The molecule has 7 nitrogen and oxygen atoms in total. The number of thiophene rings is 1. The van der Waals surface area contributed by atoms with E-state index in [1.807, 2.05) is 74.5 Å². The normalized spacial score (nSPS) is 14.6. The van der Waals surface area contributed by atoms with Crippen LogP contribution in [0.4, 0.5) is 0 Å². The molecule has 1 aliphatic heterocycles. The third-order valence-corrected chi connectivity index (χ3v) is 10.6. The molecule has 0 radical (unpaired) electrons. The summed E-state index contributed by atoms with van der Waals surface area (Å²) in [6.07, 6.45) is 1.33. The van der Waals surface area contributed by atoms with Crippen molar-refractivity contribution in [2.75, 3.05) is 12.9 Å². The number of methoxy groups -OCH3 is 1. The summed E-state index contributed by atoms with van der Waals surface area (Å²) < 4.78 is 7.05. The van der Waals surface area contributed by atoms with E-state index in [1.54, 1.807) is 16.7 Å². The summed E-state index contributed by atoms with van der Waals surface area (Å²) in [7, 11) is 1.64. The highest BCUT2D eigenvalue weighted by Crippen LogP contribution is 2.36. The number of carbonyl (C=O) groups is 1. The smallest absolute Gasteiger partial charge is 0.267 e. The van der Waals surface area contributed by atoms with Crippen LogP contribution in [0.2, 0.25) is 0 Å². The van der Waals surface area contributed by atoms with E-state index in [2.05, 4.69) is 37.3 Å². The maximum atomic E-state index is 14.1. The summed E-state index contributed by atoms with van der Waals surface area (Å²) in [5.41, 5.74) is 5.52. The van der Waals surface area contributed by atoms with Gasteiger partial charge in [-0.05, 0) is 83.6 Å². The average molecular weight is 659 g/mol. The van der Waals surface area contributed by atoms with E-state index in [-0.39, 0.29) is 23.3 Å². The van der Waals surface area contributed by atoms with E-state index in [4.69, 9.17) is 14.8 Å². The summed E-state index contributed by atoms with van der Waals surface area (Å²) >= 11 is 2.81. The van der Waals surface area contributed by atoms with Gasteiger partial charge in [-0.3, -0.25) is 14.2 Å². The molecule has 1 aliphatic rings. The summed E-state index contributed by atoms with van der Waals surface area (Å²) in [6, 6.07) is 29.9. The topological polar surface area (TPSA) is 76.8 Å². The fraction of sp³-hybridized carbons (Fsp3) is 0.211. The number of amides is 1. The highest BCUT2D eigenvalue weighted by Gasteiger charge is 2.33. The maximum absolute atomic E-state index is 14.1. The number of hydrazone groups is 1. The van der Waals surface area contributed by atoms with Crippen molar-refractivity contribution >= 4 is 55.7 Å². The quantitative estimate of drug-likeness (QED) is 0.122. The third-order valence-electron chi connectivity index (χ3n) is 8.68. The Labute approximate surface area is 281 Å². The Balaban J connectivity index is 1.25. The number of fused-ring (bicyclic) bond motifs is 2. The number of carbonyl (C=O) groups excluding carboxylic acids is 1. The van der Waals surface area contributed by atoms with Gasteiger partial charge in [0, 0.05) is 11.3 Å². The summed E-state index contributed by atoms with van der Waals surface area (Å²) in [5, 5.41) is 9.97. The molecule has 0 bridgehead atoms. The minimum atomic E-state index is -0.281. The van der Waals surface area contributed by atoms with Crippen molar-refractivity contribution in [1.82, 2.24) is 14.6 Å². The molecule has 2 aromatic heterocycles. The van der Waals surface area contributed by atoms with Crippen molar-refractivity contribution in [3.63, 3.8) is 0 Å². The van der Waals surface area contributed by atoms with Crippen LogP contribution in [0.25, 0.3) is 26.7 Å². The van der Waals surface area contributed by atoms with Crippen molar-refractivity contribution in [3.8, 4) is 11.4 Å². The van der Waals surface area contributed by atoms with E-state index in [0.717, 1.165) is 61.5 Å². The van der Waals surface area contributed by atoms with Gasteiger partial charge in [0.1, 0.15) is 10.6 Å². The molecule has 236 valence electrons. The second-order valence-corrected chi connectivity index (χ2v) is 13.8. The monoisotopic (exact) mass is 658 g/mol. The molecule has 0 saturated heterocycles. The van der Waals surface area contributed by atoms with Crippen molar-refractivity contribution < 1.29 is 9.53 Å². The number of aromatic nitrogens is 2. The lowest BCUT2D eigenvalue weighted by atomic mass is 9.97. The van der Waals surface area contributed by atoms with E-state index in [1.165, 1.54) is 23.1 Å². The molecule has 9 heteroatoms. The SMILES string of the molecule is CCc1c(C)sc2nc(SCC(=O)N3N=C(c4ccc5ccccc5c4)CC3c3ccc(OC)cc3)n(-c3cccc(C)c3)c(=O)c12. The van der Waals surface area contributed by atoms with Crippen molar-refractivity contribution in [1.29, 1.82) is 0 Å². The fourth-order valence-electron chi connectivity index (χ4n) is 6.28. The summed E-state index contributed by atoms with van der Waals surface area (Å²) in [5.74, 6) is 0.658. The van der Waals surface area contributed by atoms with Gasteiger partial charge in [-0.1, -0.05) is 79.3 Å². The van der Waals surface area contributed by atoms with Crippen LogP contribution in [-0.2, 0) is 11.2 Å². The van der Waals surface area contributed by atoms with Gasteiger partial charge in [0.25, 0.3) is 11.5 Å². The number of aryl methyl sites for hydroxylation is 3. The van der Waals surface area contributed by atoms with Crippen LogP contribution < -0.4 is 10.3 Å². The first-order valence-electron chi connectivity index (χ1n) is 15.6. The Bertz CT molecular complexity index is 2240. The Morgan fingerprint density at radius 2 is 1.77 bits per heavy atom. The first-order valence-corrected chi connectivity index (χ1v) is 17.4. The van der Waals surface area contributed by atoms with Gasteiger partial charge in [-0.15, -0.1) is 11.3 Å². The van der Waals surface area contributed by atoms with Gasteiger partial charge in [0.15, 0.2) is 5.16 Å². The summed E-state index contributed by atoms with van der Waals surface area (Å²) in [4.78, 5) is 35.0. The Hall–Kier alpha value is -4.73. The van der Waals surface area contributed by atoms with E-state index >= 15 is 0 Å². The van der Waals surface area contributed by atoms with Gasteiger partial charge < -0.3 is 4.74 Å². The average Bonchev–Trinajstić information content (AvgIpc) is 3.68. The van der Waals surface area contributed by atoms with Gasteiger partial charge in [-0.25, -0.2) is 9.99 Å². The van der Waals surface area contributed by atoms with Crippen LogP contribution >= 0.6 is 23.1 Å². The second-order valence-electron chi connectivity index (χ2n) is 11.7. The van der Waals surface area contributed by atoms with Crippen molar-refractivity contribution in [2.45, 2.75) is 44.8 Å². The Morgan fingerprint density at radius 1 is 0.979 bits per heavy atom. The number of ether oxygens (including phenoxy) is 1. The van der Waals surface area contributed by atoms with E-state index < -0.39 is 0 Å². The number of rotatable bonds is 8.